The first kappa shape index (κ1) is 67.3. The highest BCUT2D eigenvalue weighted by molar-refractivity contribution is 5.12. The van der Waals surface area contributed by atoms with Crippen molar-refractivity contribution in [3.8, 4) is 0 Å². The summed E-state index contributed by atoms with van der Waals surface area (Å²) in [6.45, 7) is 35.9. The summed E-state index contributed by atoms with van der Waals surface area (Å²) in [7, 11) is 0. The first-order chi connectivity index (χ1) is 25.8. The third kappa shape index (κ3) is 42.3. The fraction of sp³-hybridized carbons (Fsp3) is 0.732. The minimum Gasteiger partial charge on any atom is -0.381 e. The number of nitrogens with one attached hydrogen (secondary N) is 1. The molecule has 0 atom stereocenters. The molecule has 0 unspecified atom stereocenters. The summed E-state index contributed by atoms with van der Waals surface area (Å²) in [5, 5.41) is 0. The molecule has 5 heteroatoms. The van der Waals surface area contributed by atoms with Gasteiger partial charge in [0.1, 0.15) is 0 Å². The Bertz CT molecular complexity index is 1370. The van der Waals surface area contributed by atoms with Gasteiger partial charge in [-0.3, -0.25) is 14.8 Å². The van der Waals surface area contributed by atoms with Gasteiger partial charge in [-0.05, 0) is 119 Å². The van der Waals surface area contributed by atoms with Crippen LogP contribution in [0.4, 0.5) is 0 Å². The predicted octanol–water partition coefficient (Wildman–Crippen LogP) is 17.3. The standard InChI is InChI=1S/C11H22.C10H15NO.2C10H15N.C10H20O.5CH4/c1-11(2,3)9-10-7-5-4-6-8-10;1-10(2,3)7-8-4-5-11-9(12)6-8;2*1-10(2,3)7-9-5-4-6-11-8-9;1-10(2,3)8-9-4-6-11-7-5-9;;;;;/h10H,4-9H2,1-3H3;4-6H,7H2,1-3H3,(H,11,12);2*4-6,8H,7H2,1-3H3;9H,4-8H2,1-3H3;5*1H4. The summed E-state index contributed by atoms with van der Waals surface area (Å²) in [5.41, 5.74) is 5.76. The fourth-order valence-electron chi connectivity index (χ4n) is 7.52. The number of H-pyrrole nitrogens is 1. The van der Waals surface area contributed by atoms with Crippen molar-refractivity contribution >= 4 is 0 Å². The van der Waals surface area contributed by atoms with E-state index < -0.39 is 0 Å². The van der Waals surface area contributed by atoms with Gasteiger partial charge in [0.15, 0.2) is 0 Å². The number of hydrogen-bond donors (Lipinski definition) is 1. The van der Waals surface area contributed by atoms with E-state index >= 15 is 0 Å². The summed E-state index contributed by atoms with van der Waals surface area (Å²) in [5.74, 6) is 1.97. The predicted molar refractivity (Wildman–Crippen MR) is 277 cm³/mol. The first-order valence-corrected chi connectivity index (χ1v) is 21.8. The maximum atomic E-state index is 10.9. The summed E-state index contributed by atoms with van der Waals surface area (Å²) >= 11 is 0. The number of aromatic nitrogens is 3. The van der Waals surface area contributed by atoms with Gasteiger partial charge in [-0.1, -0.05) is 185 Å². The third-order valence-corrected chi connectivity index (χ3v) is 9.36. The second kappa shape index (κ2) is 32.8. The maximum Gasteiger partial charge on any atom is 0.248 e. The average Bonchev–Trinajstić information content (AvgIpc) is 3.04. The van der Waals surface area contributed by atoms with Crippen molar-refractivity contribution in [1.82, 2.24) is 15.0 Å². The van der Waals surface area contributed by atoms with Gasteiger partial charge in [0, 0.05) is 50.3 Å². The quantitative estimate of drug-likeness (QED) is 0.278. The lowest BCUT2D eigenvalue weighted by molar-refractivity contribution is 0.0532. The second-order valence-electron chi connectivity index (χ2n) is 22.6. The van der Waals surface area contributed by atoms with Gasteiger partial charge >= 0.3 is 0 Å². The van der Waals surface area contributed by atoms with Gasteiger partial charge in [0.05, 0.1) is 0 Å². The van der Waals surface area contributed by atoms with Crippen LogP contribution in [0.25, 0.3) is 0 Å². The van der Waals surface area contributed by atoms with E-state index in [1.807, 2.05) is 43.0 Å². The van der Waals surface area contributed by atoms with Crippen molar-refractivity contribution in [2.24, 2.45) is 38.9 Å². The molecular formula is C56H107N3O2. The van der Waals surface area contributed by atoms with Crippen LogP contribution in [0.15, 0.2) is 72.2 Å². The lowest BCUT2D eigenvalue weighted by Crippen LogP contribution is -2.20. The molecule has 0 spiro atoms. The van der Waals surface area contributed by atoms with E-state index in [4.69, 9.17) is 4.74 Å². The molecule has 358 valence electrons. The van der Waals surface area contributed by atoms with E-state index in [2.05, 4.69) is 131 Å². The van der Waals surface area contributed by atoms with Gasteiger partial charge in [0.2, 0.25) is 5.56 Å². The van der Waals surface area contributed by atoms with E-state index in [0.717, 1.165) is 49.9 Å². The van der Waals surface area contributed by atoms with Crippen LogP contribution in [0.2, 0.25) is 0 Å². The Morgan fingerprint density at radius 2 is 0.902 bits per heavy atom. The van der Waals surface area contributed by atoms with Gasteiger partial charge in [0.25, 0.3) is 0 Å². The molecule has 3 aromatic rings. The van der Waals surface area contributed by atoms with Crippen molar-refractivity contribution < 1.29 is 4.74 Å². The molecule has 2 fully saturated rings. The molecule has 0 radical (unpaired) electrons. The van der Waals surface area contributed by atoms with Gasteiger partial charge in [-0.2, -0.15) is 0 Å². The second-order valence-corrected chi connectivity index (χ2v) is 22.6. The summed E-state index contributed by atoms with van der Waals surface area (Å²) in [6.07, 6.45) is 25.1. The van der Waals surface area contributed by atoms with Crippen LogP contribution in [-0.2, 0) is 24.0 Å². The molecule has 3 aromatic heterocycles. The largest absolute Gasteiger partial charge is 0.381 e. The van der Waals surface area contributed by atoms with E-state index in [-0.39, 0.29) is 48.1 Å². The topological polar surface area (TPSA) is 67.9 Å². The van der Waals surface area contributed by atoms with E-state index in [0.29, 0.717) is 21.7 Å². The Morgan fingerprint density at radius 1 is 0.525 bits per heavy atom. The van der Waals surface area contributed by atoms with Crippen molar-refractivity contribution in [1.29, 1.82) is 0 Å². The minimum absolute atomic E-state index is 0. The number of hydrogen-bond acceptors (Lipinski definition) is 4. The molecule has 61 heavy (non-hydrogen) atoms. The van der Waals surface area contributed by atoms with E-state index in [1.54, 1.807) is 12.3 Å². The third-order valence-electron chi connectivity index (χ3n) is 9.36. The zero-order chi connectivity index (χ0) is 42.5. The number of nitrogens with zero attached hydrogens (tertiary/aromatic N) is 2. The van der Waals surface area contributed by atoms with Crippen LogP contribution >= 0.6 is 0 Å². The smallest absolute Gasteiger partial charge is 0.248 e. The molecule has 1 aliphatic heterocycles. The van der Waals surface area contributed by atoms with Crippen LogP contribution in [0.1, 0.15) is 215 Å². The number of aromatic amines is 1. The van der Waals surface area contributed by atoms with Gasteiger partial charge in [-0.25, -0.2) is 0 Å². The molecule has 1 saturated carbocycles. The number of pyridine rings is 3. The normalized spacial score (nSPS) is 14.4. The molecule has 5 nitrogen and oxygen atoms in total. The highest BCUT2D eigenvalue weighted by atomic mass is 16.5. The molecule has 2 aliphatic rings. The molecule has 1 aliphatic carbocycles. The molecular weight excluding hydrogens is 747 g/mol. The highest BCUT2D eigenvalue weighted by Gasteiger charge is 2.21. The van der Waals surface area contributed by atoms with E-state index in [1.165, 1.54) is 68.9 Å². The van der Waals surface area contributed by atoms with Crippen LogP contribution < -0.4 is 5.56 Å². The zero-order valence-corrected chi connectivity index (χ0v) is 39.1. The van der Waals surface area contributed by atoms with Crippen molar-refractivity contribution in [2.75, 3.05) is 13.2 Å². The molecule has 5 rings (SSSR count). The molecule has 0 aromatic carbocycles. The Hall–Kier alpha value is -2.79. The zero-order valence-electron chi connectivity index (χ0n) is 39.1. The van der Waals surface area contributed by atoms with Crippen LogP contribution in [0.3, 0.4) is 0 Å². The minimum atomic E-state index is -0.0169. The molecule has 0 amide bonds. The summed E-state index contributed by atoms with van der Waals surface area (Å²) < 4.78 is 5.31. The number of ether oxygens (including phenoxy) is 1. The highest BCUT2D eigenvalue weighted by Crippen LogP contribution is 2.34. The van der Waals surface area contributed by atoms with Crippen molar-refractivity contribution in [3.05, 3.63) is 94.4 Å². The summed E-state index contributed by atoms with van der Waals surface area (Å²) in [6, 6.07) is 11.8. The van der Waals surface area contributed by atoms with Crippen LogP contribution in [0, 0.1) is 38.9 Å². The van der Waals surface area contributed by atoms with Gasteiger partial charge < -0.3 is 9.72 Å². The first-order valence-electron chi connectivity index (χ1n) is 21.8. The van der Waals surface area contributed by atoms with Crippen LogP contribution in [-0.4, -0.2) is 28.2 Å². The Balaban J connectivity index is -0.000000210. The Morgan fingerprint density at radius 3 is 1.23 bits per heavy atom. The molecule has 1 N–H and O–H groups in total. The fourth-order valence-corrected chi connectivity index (χ4v) is 7.52. The van der Waals surface area contributed by atoms with Crippen molar-refractivity contribution in [2.45, 2.75) is 218 Å². The average molecular weight is 854 g/mol. The monoisotopic (exact) mass is 854 g/mol. The SMILES string of the molecule is C.C.C.C.C.CC(C)(C)CC1CCCCC1.CC(C)(C)CC1CCOCC1.CC(C)(C)Cc1cc[nH]c(=O)c1.CC(C)(C)Cc1cccnc1.CC(C)(C)Cc1cccnc1. The summed E-state index contributed by atoms with van der Waals surface area (Å²) in [4.78, 5) is 21.7. The maximum absolute atomic E-state index is 10.9. The van der Waals surface area contributed by atoms with Crippen molar-refractivity contribution in [3.63, 3.8) is 0 Å². The lowest BCUT2D eigenvalue weighted by Gasteiger charge is -2.28. The molecule has 1 saturated heterocycles. The Kier molecular flexibility index (Phi) is 36.2. The van der Waals surface area contributed by atoms with Crippen LogP contribution in [0.5, 0.6) is 0 Å². The van der Waals surface area contributed by atoms with E-state index in [9.17, 15) is 4.79 Å². The molecule has 0 bridgehead atoms. The number of rotatable bonds is 5. The van der Waals surface area contributed by atoms with Gasteiger partial charge in [-0.15, -0.1) is 0 Å². The molecule has 4 heterocycles. The lowest BCUT2D eigenvalue weighted by atomic mass is 9.78. The Labute approximate surface area is 382 Å².